The van der Waals surface area contributed by atoms with E-state index in [9.17, 15) is 8.42 Å². The van der Waals surface area contributed by atoms with Crippen molar-refractivity contribution in [1.29, 1.82) is 0 Å². The number of nitrogens with one attached hydrogen (secondary N) is 2. The number of benzene rings is 3. The quantitative estimate of drug-likeness (QED) is 0.537. The Bertz CT molecular complexity index is 1130. The number of hydrogen-bond acceptors (Lipinski definition) is 2. The van der Waals surface area contributed by atoms with E-state index in [-0.39, 0.29) is 4.90 Å². The number of hydrogen-bond donors (Lipinski definition) is 2. The topological polar surface area (TPSA) is 62.0 Å². The second-order valence-electron chi connectivity index (χ2n) is 6.59. The van der Waals surface area contributed by atoms with Gasteiger partial charge in [-0.1, -0.05) is 66.2 Å². The Morgan fingerprint density at radius 3 is 2.22 bits per heavy atom. The van der Waals surface area contributed by atoms with Crippen molar-refractivity contribution in [2.24, 2.45) is 0 Å². The van der Waals surface area contributed by atoms with Gasteiger partial charge in [-0.15, -0.1) is 0 Å². The Kier molecular flexibility index (Phi) is 4.56. The summed E-state index contributed by atoms with van der Waals surface area (Å²) in [5.74, 6) is 0. The largest absolute Gasteiger partial charge is 0.357 e. The molecule has 27 heavy (non-hydrogen) atoms. The van der Waals surface area contributed by atoms with E-state index < -0.39 is 16.1 Å². The molecule has 0 aliphatic rings. The first kappa shape index (κ1) is 17.5. The van der Waals surface area contributed by atoms with Gasteiger partial charge in [0.05, 0.1) is 10.9 Å². The van der Waals surface area contributed by atoms with Crippen molar-refractivity contribution in [3.8, 4) is 0 Å². The predicted molar refractivity (Wildman–Crippen MR) is 108 cm³/mol. The molecule has 1 aromatic heterocycles. The number of aromatic nitrogens is 1. The summed E-state index contributed by atoms with van der Waals surface area (Å²) in [5.41, 5.74) is 3.67. The van der Waals surface area contributed by atoms with Crippen LogP contribution in [-0.2, 0) is 10.0 Å². The molecule has 3 aromatic carbocycles. The Hall–Kier alpha value is -2.89. The molecule has 0 bridgehead atoms. The van der Waals surface area contributed by atoms with E-state index in [1.54, 1.807) is 24.3 Å². The molecule has 4 aromatic rings. The van der Waals surface area contributed by atoms with Crippen LogP contribution in [0.4, 0.5) is 0 Å². The molecule has 0 spiro atoms. The number of para-hydroxylation sites is 1. The van der Waals surface area contributed by atoms with Gasteiger partial charge in [0.15, 0.2) is 0 Å². The highest BCUT2D eigenvalue weighted by Gasteiger charge is 2.24. The molecule has 0 saturated heterocycles. The molecule has 4 rings (SSSR count). The summed E-state index contributed by atoms with van der Waals surface area (Å²) < 4.78 is 28.8. The third-order valence-electron chi connectivity index (χ3n) is 4.60. The lowest BCUT2D eigenvalue weighted by Crippen LogP contribution is -2.29. The van der Waals surface area contributed by atoms with Gasteiger partial charge in [-0.05, 0) is 42.1 Å². The maximum Gasteiger partial charge on any atom is 0.241 e. The van der Waals surface area contributed by atoms with E-state index in [0.29, 0.717) is 0 Å². The molecule has 0 saturated carbocycles. The van der Waals surface area contributed by atoms with Crippen LogP contribution in [0.1, 0.15) is 22.9 Å². The van der Waals surface area contributed by atoms with E-state index in [1.807, 2.05) is 67.6 Å². The van der Waals surface area contributed by atoms with Gasteiger partial charge in [-0.25, -0.2) is 8.42 Å². The molecule has 0 fully saturated rings. The van der Waals surface area contributed by atoms with Crippen LogP contribution in [-0.4, -0.2) is 13.4 Å². The highest BCUT2D eigenvalue weighted by molar-refractivity contribution is 7.89. The molecule has 136 valence electrons. The van der Waals surface area contributed by atoms with Crippen LogP contribution in [0.25, 0.3) is 10.9 Å². The third-order valence-corrected chi connectivity index (χ3v) is 6.04. The zero-order valence-corrected chi connectivity index (χ0v) is 15.7. The smallest absolute Gasteiger partial charge is 0.241 e. The summed E-state index contributed by atoms with van der Waals surface area (Å²) in [6.07, 6.45) is 0. The molecule has 0 aliphatic carbocycles. The number of aromatic amines is 1. The first-order valence-corrected chi connectivity index (χ1v) is 10.2. The van der Waals surface area contributed by atoms with Crippen LogP contribution in [0, 0.1) is 6.92 Å². The van der Waals surface area contributed by atoms with Crippen LogP contribution < -0.4 is 4.72 Å². The normalized spacial score (nSPS) is 12.9. The molecule has 2 N–H and O–H groups in total. The fourth-order valence-electron chi connectivity index (χ4n) is 3.15. The summed E-state index contributed by atoms with van der Waals surface area (Å²) in [6.45, 7) is 1.93. The molecule has 0 amide bonds. The molecular weight excluding hydrogens is 356 g/mol. The van der Waals surface area contributed by atoms with Crippen molar-refractivity contribution in [3.63, 3.8) is 0 Å². The number of fused-ring (bicyclic) bond motifs is 1. The summed E-state index contributed by atoms with van der Waals surface area (Å²) in [5, 5.41) is 1.04. The lowest BCUT2D eigenvalue weighted by Gasteiger charge is -2.18. The Morgan fingerprint density at radius 1 is 0.852 bits per heavy atom. The van der Waals surface area contributed by atoms with Gasteiger partial charge in [0.1, 0.15) is 0 Å². The van der Waals surface area contributed by atoms with Gasteiger partial charge < -0.3 is 4.98 Å². The van der Waals surface area contributed by atoms with Crippen molar-refractivity contribution in [2.45, 2.75) is 17.9 Å². The van der Waals surface area contributed by atoms with Crippen molar-refractivity contribution in [1.82, 2.24) is 9.71 Å². The predicted octanol–water partition coefficient (Wildman–Crippen LogP) is 4.54. The third kappa shape index (κ3) is 3.65. The number of H-pyrrole nitrogens is 1. The van der Waals surface area contributed by atoms with Gasteiger partial charge >= 0.3 is 0 Å². The Balaban J connectivity index is 1.78. The van der Waals surface area contributed by atoms with E-state index in [2.05, 4.69) is 9.71 Å². The molecule has 5 heteroatoms. The molecule has 0 radical (unpaired) electrons. The van der Waals surface area contributed by atoms with Gasteiger partial charge in [0, 0.05) is 11.2 Å². The van der Waals surface area contributed by atoms with Crippen molar-refractivity contribution >= 4 is 20.9 Å². The summed E-state index contributed by atoms with van der Waals surface area (Å²) >= 11 is 0. The summed E-state index contributed by atoms with van der Waals surface area (Å²) in [6, 6.07) is 25.8. The zero-order chi connectivity index (χ0) is 18.9. The lowest BCUT2D eigenvalue weighted by atomic mass is 10.1. The SMILES string of the molecule is Cc1ccc(S(=O)(=O)NC(c2ccccc2)c2cc3ccccc3[nH]2)cc1. The molecule has 1 atom stereocenters. The van der Waals surface area contributed by atoms with Crippen LogP contribution >= 0.6 is 0 Å². The van der Waals surface area contributed by atoms with E-state index in [4.69, 9.17) is 0 Å². The fraction of sp³-hybridized carbons (Fsp3) is 0.0909. The maximum absolute atomic E-state index is 13.0. The zero-order valence-electron chi connectivity index (χ0n) is 14.9. The average Bonchev–Trinajstić information content (AvgIpc) is 3.11. The van der Waals surface area contributed by atoms with Crippen LogP contribution in [0.5, 0.6) is 0 Å². The van der Waals surface area contributed by atoms with E-state index >= 15 is 0 Å². The van der Waals surface area contributed by atoms with Crippen LogP contribution in [0.15, 0.2) is 89.8 Å². The Morgan fingerprint density at radius 2 is 1.52 bits per heavy atom. The molecular formula is C22H20N2O2S. The van der Waals surface area contributed by atoms with Crippen molar-refractivity contribution in [3.05, 3.63) is 102 Å². The van der Waals surface area contributed by atoms with Crippen LogP contribution in [0.2, 0.25) is 0 Å². The van der Waals surface area contributed by atoms with Crippen LogP contribution in [0.3, 0.4) is 0 Å². The van der Waals surface area contributed by atoms with Gasteiger partial charge in [0.2, 0.25) is 10.0 Å². The standard InChI is InChI=1S/C22H20N2O2S/c1-16-11-13-19(14-12-16)27(25,26)24-22(17-7-3-2-4-8-17)21-15-18-9-5-6-10-20(18)23-21/h2-15,22-24H,1H3. The monoisotopic (exact) mass is 376 g/mol. The maximum atomic E-state index is 13.0. The van der Waals surface area contributed by atoms with Crippen molar-refractivity contribution < 1.29 is 8.42 Å². The van der Waals surface area contributed by atoms with Gasteiger partial charge in [-0.3, -0.25) is 0 Å². The molecule has 1 heterocycles. The first-order valence-electron chi connectivity index (χ1n) is 8.74. The minimum absolute atomic E-state index is 0.255. The minimum atomic E-state index is -3.68. The first-order chi connectivity index (χ1) is 13.0. The number of sulfonamides is 1. The summed E-state index contributed by atoms with van der Waals surface area (Å²) in [7, 11) is -3.68. The second kappa shape index (κ2) is 7.02. The van der Waals surface area contributed by atoms with Gasteiger partial charge in [-0.2, -0.15) is 4.72 Å². The highest BCUT2D eigenvalue weighted by atomic mass is 32.2. The summed E-state index contributed by atoms with van der Waals surface area (Å²) in [4.78, 5) is 3.61. The molecule has 0 aliphatic heterocycles. The molecule has 4 nitrogen and oxygen atoms in total. The highest BCUT2D eigenvalue weighted by Crippen LogP contribution is 2.27. The average molecular weight is 376 g/mol. The van der Waals surface area contributed by atoms with E-state index in [1.165, 1.54) is 0 Å². The lowest BCUT2D eigenvalue weighted by molar-refractivity contribution is 0.570. The number of aryl methyl sites for hydroxylation is 1. The minimum Gasteiger partial charge on any atom is -0.357 e. The van der Waals surface area contributed by atoms with Crippen molar-refractivity contribution in [2.75, 3.05) is 0 Å². The number of rotatable bonds is 5. The molecule has 1 unspecified atom stereocenters. The fourth-order valence-corrected chi connectivity index (χ4v) is 4.35. The Labute approximate surface area is 158 Å². The van der Waals surface area contributed by atoms with Gasteiger partial charge in [0.25, 0.3) is 0 Å². The van der Waals surface area contributed by atoms with E-state index in [0.717, 1.165) is 27.7 Å². The second-order valence-corrected chi connectivity index (χ2v) is 8.30.